The average Bonchev–Trinajstić information content (AvgIpc) is 2.46. The minimum atomic E-state index is -0.523. The first-order valence-electron chi connectivity index (χ1n) is 6.47. The summed E-state index contributed by atoms with van der Waals surface area (Å²) in [7, 11) is 1.32. The van der Waals surface area contributed by atoms with E-state index >= 15 is 0 Å². The number of halogens is 1. The third-order valence-corrected chi connectivity index (χ3v) is 3.90. The molecule has 2 rings (SSSR count). The van der Waals surface area contributed by atoms with Gasteiger partial charge in [-0.1, -0.05) is 29.8 Å². The second-order valence-electron chi connectivity index (χ2n) is 4.81. The molecular formula is C16H16ClNO3. The highest BCUT2D eigenvalue weighted by atomic mass is 35.5. The standard InChI is InChI=1S/C16H16ClNO3/c1-9-12(8-19)15(11-6-4-5-7-13(11)17)14(10(2)18-9)16(20)21-3/h4-8,15,18H,1-3H3. The molecule has 1 unspecified atom stereocenters. The molecule has 1 atom stereocenters. The molecule has 0 amide bonds. The molecule has 0 aliphatic carbocycles. The number of hydrogen-bond donors (Lipinski definition) is 1. The second-order valence-corrected chi connectivity index (χ2v) is 5.22. The second kappa shape index (κ2) is 6.14. The van der Waals surface area contributed by atoms with Crippen molar-refractivity contribution in [2.45, 2.75) is 19.8 Å². The molecule has 1 aliphatic rings. The molecule has 0 aromatic heterocycles. The van der Waals surface area contributed by atoms with Gasteiger partial charge in [0.1, 0.15) is 6.29 Å². The lowest BCUT2D eigenvalue weighted by atomic mass is 9.81. The molecule has 1 N–H and O–H groups in total. The number of methoxy groups -OCH3 is 1. The summed E-state index contributed by atoms with van der Waals surface area (Å²) in [6.07, 6.45) is 0.756. The van der Waals surface area contributed by atoms with Crippen LogP contribution >= 0.6 is 11.6 Å². The normalized spacial score (nSPS) is 18.4. The number of ether oxygens (including phenoxy) is 1. The number of aldehydes is 1. The largest absolute Gasteiger partial charge is 0.466 e. The molecule has 1 heterocycles. The van der Waals surface area contributed by atoms with Gasteiger partial charge >= 0.3 is 5.97 Å². The summed E-state index contributed by atoms with van der Waals surface area (Å²) < 4.78 is 4.86. The molecule has 0 saturated carbocycles. The fourth-order valence-electron chi connectivity index (χ4n) is 2.58. The smallest absolute Gasteiger partial charge is 0.336 e. The van der Waals surface area contributed by atoms with Gasteiger partial charge in [-0.3, -0.25) is 4.79 Å². The monoisotopic (exact) mass is 305 g/mol. The Labute approximate surface area is 128 Å². The van der Waals surface area contributed by atoms with Gasteiger partial charge in [0.05, 0.1) is 12.7 Å². The molecule has 4 nitrogen and oxygen atoms in total. The van der Waals surface area contributed by atoms with Crippen LogP contribution < -0.4 is 5.32 Å². The Bertz CT molecular complexity index is 661. The highest BCUT2D eigenvalue weighted by Crippen LogP contribution is 2.40. The van der Waals surface area contributed by atoms with E-state index in [1.165, 1.54) is 7.11 Å². The Morgan fingerprint density at radius 2 is 1.95 bits per heavy atom. The van der Waals surface area contributed by atoms with Crippen molar-refractivity contribution < 1.29 is 14.3 Å². The highest BCUT2D eigenvalue weighted by Gasteiger charge is 2.34. The van der Waals surface area contributed by atoms with Crippen LogP contribution in [0.4, 0.5) is 0 Å². The Balaban J connectivity index is 2.69. The van der Waals surface area contributed by atoms with E-state index in [4.69, 9.17) is 16.3 Å². The van der Waals surface area contributed by atoms with Crippen LogP contribution in [0.5, 0.6) is 0 Å². The average molecular weight is 306 g/mol. The van der Waals surface area contributed by atoms with Crippen molar-refractivity contribution in [2.24, 2.45) is 0 Å². The lowest BCUT2D eigenvalue weighted by Crippen LogP contribution is -2.29. The summed E-state index contributed by atoms with van der Waals surface area (Å²) in [6.45, 7) is 3.58. The zero-order valence-corrected chi connectivity index (χ0v) is 12.8. The molecule has 0 bridgehead atoms. The first kappa shape index (κ1) is 15.3. The zero-order chi connectivity index (χ0) is 15.6. The summed E-state index contributed by atoms with van der Waals surface area (Å²) in [4.78, 5) is 23.7. The Morgan fingerprint density at radius 3 is 2.52 bits per heavy atom. The number of allylic oxidation sites excluding steroid dienone is 3. The zero-order valence-electron chi connectivity index (χ0n) is 12.1. The number of nitrogens with one attached hydrogen (secondary N) is 1. The van der Waals surface area contributed by atoms with E-state index in [0.29, 0.717) is 33.1 Å². The van der Waals surface area contributed by atoms with Crippen LogP contribution in [0.25, 0.3) is 0 Å². The lowest BCUT2D eigenvalue weighted by molar-refractivity contribution is -0.136. The van der Waals surface area contributed by atoms with E-state index in [0.717, 1.165) is 6.29 Å². The number of dihydropyridines is 1. The summed E-state index contributed by atoms with van der Waals surface area (Å²) >= 11 is 6.25. The third-order valence-electron chi connectivity index (χ3n) is 3.56. The number of rotatable bonds is 3. The van der Waals surface area contributed by atoms with Crippen LogP contribution in [0.2, 0.25) is 5.02 Å². The molecule has 0 fully saturated rings. The van der Waals surface area contributed by atoms with Crippen molar-refractivity contribution in [3.63, 3.8) is 0 Å². The van der Waals surface area contributed by atoms with Crippen molar-refractivity contribution in [1.82, 2.24) is 5.32 Å². The molecule has 1 aliphatic heterocycles. The Morgan fingerprint density at radius 1 is 1.29 bits per heavy atom. The molecule has 21 heavy (non-hydrogen) atoms. The van der Waals surface area contributed by atoms with Gasteiger partial charge in [-0.05, 0) is 25.5 Å². The van der Waals surface area contributed by atoms with Crippen LogP contribution in [0, 0.1) is 0 Å². The van der Waals surface area contributed by atoms with Gasteiger partial charge in [-0.15, -0.1) is 0 Å². The minimum Gasteiger partial charge on any atom is -0.466 e. The lowest BCUT2D eigenvalue weighted by Gasteiger charge is -2.29. The van der Waals surface area contributed by atoms with Crippen molar-refractivity contribution in [3.8, 4) is 0 Å². The predicted octanol–water partition coefficient (Wildman–Crippen LogP) is 2.95. The summed E-state index contributed by atoms with van der Waals surface area (Å²) in [5.41, 5.74) is 2.96. The van der Waals surface area contributed by atoms with Crippen molar-refractivity contribution in [3.05, 3.63) is 57.4 Å². The van der Waals surface area contributed by atoms with Gasteiger partial charge in [-0.2, -0.15) is 0 Å². The number of benzene rings is 1. The molecule has 110 valence electrons. The first-order valence-corrected chi connectivity index (χ1v) is 6.85. The molecule has 0 saturated heterocycles. The van der Waals surface area contributed by atoms with Crippen molar-refractivity contribution in [2.75, 3.05) is 7.11 Å². The maximum absolute atomic E-state index is 12.1. The van der Waals surface area contributed by atoms with Gasteiger partial charge in [0.15, 0.2) is 0 Å². The Kier molecular flexibility index (Phi) is 4.48. The van der Waals surface area contributed by atoms with Crippen molar-refractivity contribution in [1.29, 1.82) is 0 Å². The quantitative estimate of drug-likeness (QED) is 0.689. The van der Waals surface area contributed by atoms with Crippen LogP contribution in [-0.2, 0) is 14.3 Å². The Hall–Kier alpha value is -2.07. The number of esters is 1. The number of carbonyl (C=O) groups is 2. The fourth-order valence-corrected chi connectivity index (χ4v) is 2.82. The molecule has 5 heteroatoms. The first-order chi connectivity index (χ1) is 10.0. The molecular weight excluding hydrogens is 290 g/mol. The predicted molar refractivity (Wildman–Crippen MR) is 80.8 cm³/mol. The fraction of sp³-hybridized carbons (Fsp3) is 0.250. The van der Waals surface area contributed by atoms with E-state index in [1.54, 1.807) is 26.0 Å². The van der Waals surface area contributed by atoms with Crippen LogP contribution in [0.1, 0.15) is 25.3 Å². The van der Waals surface area contributed by atoms with E-state index in [9.17, 15) is 9.59 Å². The molecule has 0 radical (unpaired) electrons. The van der Waals surface area contributed by atoms with Crippen LogP contribution in [-0.4, -0.2) is 19.4 Å². The van der Waals surface area contributed by atoms with E-state index in [2.05, 4.69) is 5.32 Å². The van der Waals surface area contributed by atoms with Gasteiger partial charge in [-0.25, -0.2) is 4.79 Å². The van der Waals surface area contributed by atoms with Gasteiger partial charge in [0, 0.05) is 27.9 Å². The topological polar surface area (TPSA) is 55.4 Å². The number of carbonyl (C=O) groups excluding carboxylic acids is 2. The summed E-state index contributed by atoms with van der Waals surface area (Å²) in [6, 6.07) is 7.18. The maximum atomic E-state index is 12.1. The summed E-state index contributed by atoms with van der Waals surface area (Å²) in [5.74, 6) is -0.998. The van der Waals surface area contributed by atoms with Crippen LogP contribution in [0.3, 0.4) is 0 Å². The van der Waals surface area contributed by atoms with Gasteiger partial charge in [0.2, 0.25) is 0 Å². The van der Waals surface area contributed by atoms with E-state index < -0.39 is 11.9 Å². The minimum absolute atomic E-state index is 0.401. The SMILES string of the molecule is COC(=O)C1=C(C)NC(C)=C(C=O)C1c1ccccc1Cl. The van der Waals surface area contributed by atoms with Crippen LogP contribution in [0.15, 0.2) is 46.8 Å². The molecule has 1 aromatic carbocycles. The van der Waals surface area contributed by atoms with Gasteiger partial charge in [0.25, 0.3) is 0 Å². The summed E-state index contributed by atoms with van der Waals surface area (Å²) in [5, 5.41) is 3.55. The molecule has 0 spiro atoms. The van der Waals surface area contributed by atoms with Gasteiger partial charge < -0.3 is 10.1 Å². The van der Waals surface area contributed by atoms with E-state index in [-0.39, 0.29) is 0 Å². The van der Waals surface area contributed by atoms with E-state index in [1.807, 2.05) is 12.1 Å². The maximum Gasteiger partial charge on any atom is 0.336 e. The number of hydrogen-bond acceptors (Lipinski definition) is 4. The van der Waals surface area contributed by atoms with Crippen molar-refractivity contribution >= 4 is 23.9 Å². The third kappa shape index (κ3) is 2.72. The highest BCUT2D eigenvalue weighted by molar-refractivity contribution is 6.31. The molecule has 1 aromatic rings.